The number of nitrogens with two attached hydrogens (primary N) is 2. The molecule has 0 aliphatic carbocycles. The van der Waals surface area contributed by atoms with Gasteiger partial charge in [0.15, 0.2) is 17.6 Å². The minimum absolute atomic E-state index is 0.397. The summed E-state index contributed by atoms with van der Waals surface area (Å²) in [5.74, 6) is 0.552. The fourth-order valence-corrected chi connectivity index (χ4v) is 1.44. The lowest BCUT2D eigenvalue weighted by Crippen LogP contribution is -2.33. The predicted molar refractivity (Wildman–Crippen MR) is 64.8 cm³/mol. The van der Waals surface area contributed by atoms with Crippen molar-refractivity contribution in [2.75, 3.05) is 7.11 Å². The SMILES string of the molecule is CCC(Oc1cc(CN)ccc1OC)C(N)=O. The van der Waals surface area contributed by atoms with Crippen molar-refractivity contribution in [3.63, 3.8) is 0 Å². The van der Waals surface area contributed by atoms with E-state index < -0.39 is 12.0 Å². The maximum atomic E-state index is 11.1. The Balaban J connectivity index is 2.97. The van der Waals surface area contributed by atoms with Crippen LogP contribution in [0, 0.1) is 0 Å². The number of ether oxygens (including phenoxy) is 2. The van der Waals surface area contributed by atoms with Crippen molar-refractivity contribution < 1.29 is 14.3 Å². The molecule has 1 rings (SSSR count). The molecular weight excluding hydrogens is 220 g/mol. The van der Waals surface area contributed by atoms with Crippen molar-refractivity contribution in [2.24, 2.45) is 11.5 Å². The molecule has 0 bridgehead atoms. The van der Waals surface area contributed by atoms with Crippen LogP contribution in [0.15, 0.2) is 18.2 Å². The normalized spacial score (nSPS) is 11.9. The Kier molecular flexibility index (Phi) is 4.78. The molecule has 0 spiro atoms. The van der Waals surface area contributed by atoms with Gasteiger partial charge in [0.1, 0.15) is 0 Å². The summed E-state index contributed by atoms with van der Waals surface area (Å²) in [5, 5.41) is 0. The Bertz CT molecular complexity index is 393. The number of rotatable bonds is 6. The molecule has 5 heteroatoms. The first-order valence-corrected chi connectivity index (χ1v) is 5.45. The first kappa shape index (κ1) is 13.3. The molecule has 1 aromatic rings. The number of hydrogen-bond acceptors (Lipinski definition) is 4. The van der Waals surface area contributed by atoms with Crippen LogP contribution in [0.2, 0.25) is 0 Å². The molecule has 1 amide bonds. The van der Waals surface area contributed by atoms with Gasteiger partial charge in [-0.3, -0.25) is 4.79 Å². The van der Waals surface area contributed by atoms with E-state index in [1.807, 2.05) is 13.0 Å². The van der Waals surface area contributed by atoms with Crippen LogP contribution in [-0.4, -0.2) is 19.1 Å². The van der Waals surface area contributed by atoms with Crippen LogP contribution < -0.4 is 20.9 Å². The van der Waals surface area contributed by atoms with E-state index in [4.69, 9.17) is 20.9 Å². The average molecular weight is 238 g/mol. The third-order valence-corrected chi connectivity index (χ3v) is 2.42. The molecule has 0 fully saturated rings. The molecule has 94 valence electrons. The summed E-state index contributed by atoms with van der Waals surface area (Å²) in [7, 11) is 1.54. The Morgan fingerprint density at radius 1 is 1.41 bits per heavy atom. The van der Waals surface area contributed by atoms with Gasteiger partial charge in [0.25, 0.3) is 5.91 Å². The number of primary amides is 1. The van der Waals surface area contributed by atoms with Gasteiger partial charge in [0.2, 0.25) is 0 Å². The average Bonchev–Trinajstić information content (AvgIpc) is 2.35. The first-order valence-electron chi connectivity index (χ1n) is 5.45. The molecule has 0 aliphatic rings. The molecule has 5 nitrogen and oxygen atoms in total. The van der Waals surface area contributed by atoms with Crippen LogP contribution >= 0.6 is 0 Å². The second-order valence-corrected chi connectivity index (χ2v) is 3.61. The molecule has 1 unspecified atom stereocenters. The highest BCUT2D eigenvalue weighted by molar-refractivity contribution is 5.79. The second kappa shape index (κ2) is 6.10. The van der Waals surface area contributed by atoms with Crippen LogP contribution in [0.3, 0.4) is 0 Å². The molecule has 0 aromatic heterocycles. The van der Waals surface area contributed by atoms with Gasteiger partial charge in [0, 0.05) is 6.54 Å². The van der Waals surface area contributed by atoms with Crippen LogP contribution in [0.4, 0.5) is 0 Å². The Hall–Kier alpha value is -1.75. The molecular formula is C12H18N2O3. The quantitative estimate of drug-likeness (QED) is 0.767. The fraction of sp³-hybridized carbons (Fsp3) is 0.417. The van der Waals surface area contributed by atoms with E-state index in [9.17, 15) is 4.79 Å². The van der Waals surface area contributed by atoms with Gasteiger partial charge in [-0.15, -0.1) is 0 Å². The van der Waals surface area contributed by atoms with Gasteiger partial charge in [0.05, 0.1) is 7.11 Å². The molecule has 1 atom stereocenters. The zero-order valence-electron chi connectivity index (χ0n) is 10.1. The zero-order chi connectivity index (χ0) is 12.8. The van der Waals surface area contributed by atoms with E-state index >= 15 is 0 Å². The van der Waals surface area contributed by atoms with Gasteiger partial charge < -0.3 is 20.9 Å². The fourth-order valence-electron chi connectivity index (χ4n) is 1.44. The number of amides is 1. The Labute approximate surface area is 101 Å². The van der Waals surface area contributed by atoms with Crippen molar-refractivity contribution in [3.05, 3.63) is 23.8 Å². The van der Waals surface area contributed by atoms with Crippen molar-refractivity contribution in [3.8, 4) is 11.5 Å². The monoisotopic (exact) mass is 238 g/mol. The van der Waals surface area contributed by atoms with E-state index in [1.54, 1.807) is 12.1 Å². The summed E-state index contributed by atoms with van der Waals surface area (Å²) in [6.07, 6.45) is -0.150. The van der Waals surface area contributed by atoms with Gasteiger partial charge in [-0.25, -0.2) is 0 Å². The number of carbonyl (C=O) groups excluding carboxylic acids is 1. The van der Waals surface area contributed by atoms with Crippen molar-refractivity contribution >= 4 is 5.91 Å². The van der Waals surface area contributed by atoms with Crippen molar-refractivity contribution in [1.29, 1.82) is 0 Å². The summed E-state index contributed by atoms with van der Waals surface area (Å²) < 4.78 is 10.7. The maximum absolute atomic E-state index is 11.1. The lowest BCUT2D eigenvalue weighted by Gasteiger charge is -2.17. The Morgan fingerprint density at radius 2 is 2.12 bits per heavy atom. The topological polar surface area (TPSA) is 87.6 Å². The van der Waals surface area contributed by atoms with E-state index in [-0.39, 0.29) is 0 Å². The number of hydrogen-bond donors (Lipinski definition) is 2. The molecule has 17 heavy (non-hydrogen) atoms. The molecule has 0 aliphatic heterocycles. The number of benzene rings is 1. The summed E-state index contributed by atoms with van der Waals surface area (Å²) in [4.78, 5) is 11.1. The van der Waals surface area contributed by atoms with Crippen LogP contribution in [-0.2, 0) is 11.3 Å². The van der Waals surface area contributed by atoms with Crippen LogP contribution in [0.25, 0.3) is 0 Å². The second-order valence-electron chi connectivity index (χ2n) is 3.61. The minimum atomic E-state index is -0.656. The smallest absolute Gasteiger partial charge is 0.258 e. The van der Waals surface area contributed by atoms with E-state index in [0.717, 1.165) is 5.56 Å². The largest absolute Gasteiger partial charge is 0.493 e. The lowest BCUT2D eigenvalue weighted by atomic mass is 10.2. The summed E-state index contributed by atoms with van der Waals surface area (Å²) >= 11 is 0. The van der Waals surface area contributed by atoms with Crippen LogP contribution in [0.1, 0.15) is 18.9 Å². The molecule has 0 heterocycles. The minimum Gasteiger partial charge on any atom is -0.493 e. The van der Waals surface area contributed by atoms with Gasteiger partial charge in [-0.2, -0.15) is 0 Å². The van der Waals surface area contributed by atoms with Gasteiger partial charge >= 0.3 is 0 Å². The summed E-state index contributed by atoms with van der Waals surface area (Å²) in [5.41, 5.74) is 11.7. The summed E-state index contributed by atoms with van der Waals surface area (Å²) in [6, 6.07) is 5.35. The summed E-state index contributed by atoms with van der Waals surface area (Å²) in [6.45, 7) is 2.22. The molecule has 4 N–H and O–H groups in total. The van der Waals surface area contributed by atoms with Crippen LogP contribution in [0.5, 0.6) is 11.5 Å². The number of carbonyl (C=O) groups is 1. The van der Waals surface area contributed by atoms with Crippen molar-refractivity contribution in [1.82, 2.24) is 0 Å². The molecule has 0 saturated heterocycles. The standard InChI is InChI=1S/C12H18N2O3/c1-3-9(12(14)15)17-11-6-8(7-13)4-5-10(11)16-2/h4-6,9H,3,7,13H2,1-2H3,(H2,14,15). The van der Waals surface area contributed by atoms with Gasteiger partial charge in [-0.1, -0.05) is 13.0 Å². The molecule has 1 aromatic carbocycles. The predicted octanol–water partition coefficient (Wildman–Crippen LogP) is 0.797. The Morgan fingerprint density at radius 3 is 2.59 bits per heavy atom. The van der Waals surface area contributed by atoms with E-state index in [0.29, 0.717) is 24.5 Å². The third-order valence-electron chi connectivity index (χ3n) is 2.42. The zero-order valence-corrected chi connectivity index (χ0v) is 10.1. The van der Waals surface area contributed by atoms with E-state index in [2.05, 4.69) is 0 Å². The third kappa shape index (κ3) is 3.35. The highest BCUT2D eigenvalue weighted by atomic mass is 16.5. The van der Waals surface area contributed by atoms with Crippen molar-refractivity contribution in [2.45, 2.75) is 26.0 Å². The highest BCUT2D eigenvalue weighted by Crippen LogP contribution is 2.29. The van der Waals surface area contributed by atoms with E-state index in [1.165, 1.54) is 7.11 Å². The first-order chi connectivity index (χ1) is 8.12. The maximum Gasteiger partial charge on any atom is 0.258 e. The highest BCUT2D eigenvalue weighted by Gasteiger charge is 2.17. The van der Waals surface area contributed by atoms with Gasteiger partial charge in [-0.05, 0) is 24.1 Å². The molecule has 0 saturated carbocycles. The lowest BCUT2D eigenvalue weighted by molar-refractivity contribution is -0.124. The molecule has 0 radical (unpaired) electrons. The number of methoxy groups -OCH3 is 1.